The maximum absolute atomic E-state index is 12.1. The van der Waals surface area contributed by atoms with E-state index in [-0.39, 0.29) is 19.2 Å². The van der Waals surface area contributed by atoms with Crippen molar-refractivity contribution in [2.75, 3.05) is 24.8 Å². The highest BCUT2D eigenvalue weighted by Gasteiger charge is 2.33. The summed E-state index contributed by atoms with van der Waals surface area (Å²) in [6.07, 6.45) is -0.837. The van der Waals surface area contributed by atoms with Crippen molar-refractivity contribution in [3.8, 4) is 11.5 Å². The van der Waals surface area contributed by atoms with Gasteiger partial charge in [-0.05, 0) is 23.6 Å². The summed E-state index contributed by atoms with van der Waals surface area (Å²) in [5.74, 6) is 1.10. The van der Waals surface area contributed by atoms with E-state index in [1.807, 2.05) is 11.4 Å². The molecule has 0 radical (unpaired) electrons. The summed E-state index contributed by atoms with van der Waals surface area (Å²) < 4.78 is 15.9. The van der Waals surface area contributed by atoms with E-state index in [4.69, 9.17) is 14.2 Å². The van der Waals surface area contributed by atoms with Crippen LogP contribution in [0.3, 0.4) is 0 Å². The molecule has 7 nitrogen and oxygen atoms in total. The van der Waals surface area contributed by atoms with Crippen molar-refractivity contribution in [3.05, 3.63) is 40.6 Å². The summed E-state index contributed by atoms with van der Waals surface area (Å²) in [4.78, 5) is 26.2. The molecule has 1 fully saturated rings. The molecule has 4 rings (SSSR count). The molecule has 1 atom stereocenters. The Hall–Kier alpha value is -2.74. The first kappa shape index (κ1) is 14.8. The molecule has 124 valence electrons. The van der Waals surface area contributed by atoms with Gasteiger partial charge in [0.15, 0.2) is 11.5 Å². The van der Waals surface area contributed by atoms with E-state index in [2.05, 4.69) is 5.32 Å². The van der Waals surface area contributed by atoms with Gasteiger partial charge in [-0.2, -0.15) is 0 Å². The van der Waals surface area contributed by atoms with Crippen LogP contribution in [0.15, 0.2) is 35.7 Å². The SMILES string of the molecule is O=C(NC[C@@H]1CN(c2ccc3c(c2)OCO3)C(=O)O1)c1cccs1. The van der Waals surface area contributed by atoms with Gasteiger partial charge in [0, 0.05) is 6.07 Å². The number of hydrogen-bond acceptors (Lipinski definition) is 6. The highest BCUT2D eigenvalue weighted by molar-refractivity contribution is 7.12. The van der Waals surface area contributed by atoms with Gasteiger partial charge in [-0.3, -0.25) is 9.69 Å². The largest absolute Gasteiger partial charge is 0.454 e. The highest BCUT2D eigenvalue weighted by atomic mass is 32.1. The standard InChI is InChI=1S/C16H14N2O5S/c19-15(14-2-1-5-24-14)17-7-11-8-18(16(20)23-11)10-3-4-12-13(6-10)22-9-21-12/h1-6,11H,7-9H2,(H,17,19)/t11-/m1/s1. The molecule has 0 aliphatic carbocycles. The van der Waals surface area contributed by atoms with E-state index in [9.17, 15) is 9.59 Å². The molecule has 1 aromatic heterocycles. The molecule has 2 aliphatic rings. The van der Waals surface area contributed by atoms with Gasteiger partial charge in [-0.15, -0.1) is 11.3 Å². The summed E-state index contributed by atoms with van der Waals surface area (Å²) in [5, 5.41) is 4.62. The van der Waals surface area contributed by atoms with Crippen LogP contribution in [0.2, 0.25) is 0 Å². The van der Waals surface area contributed by atoms with Crippen LogP contribution in [0.4, 0.5) is 10.5 Å². The fourth-order valence-electron chi connectivity index (χ4n) is 2.59. The number of anilines is 1. The third kappa shape index (κ3) is 2.76. The van der Waals surface area contributed by atoms with Crippen LogP contribution in [0.1, 0.15) is 9.67 Å². The normalized spacial score (nSPS) is 18.6. The summed E-state index contributed by atoms with van der Waals surface area (Å²) in [5.41, 5.74) is 0.677. The lowest BCUT2D eigenvalue weighted by atomic mass is 10.2. The quantitative estimate of drug-likeness (QED) is 0.919. The second-order valence-electron chi connectivity index (χ2n) is 5.34. The number of benzene rings is 1. The first-order valence-corrected chi connectivity index (χ1v) is 8.28. The monoisotopic (exact) mass is 346 g/mol. The van der Waals surface area contributed by atoms with E-state index >= 15 is 0 Å². The van der Waals surface area contributed by atoms with E-state index < -0.39 is 12.2 Å². The van der Waals surface area contributed by atoms with Gasteiger partial charge < -0.3 is 19.5 Å². The zero-order chi connectivity index (χ0) is 16.5. The summed E-state index contributed by atoms with van der Waals surface area (Å²) in [7, 11) is 0. The topological polar surface area (TPSA) is 77.1 Å². The maximum Gasteiger partial charge on any atom is 0.414 e. The average Bonchev–Trinajstić information content (AvgIpc) is 3.32. The van der Waals surface area contributed by atoms with Gasteiger partial charge in [-0.1, -0.05) is 6.07 Å². The predicted molar refractivity (Wildman–Crippen MR) is 86.8 cm³/mol. The average molecular weight is 346 g/mol. The van der Waals surface area contributed by atoms with Crippen molar-refractivity contribution in [2.24, 2.45) is 0 Å². The molecule has 1 saturated heterocycles. The Kier molecular flexibility index (Phi) is 3.73. The van der Waals surface area contributed by atoms with Gasteiger partial charge in [-0.25, -0.2) is 4.79 Å². The molecule has 2 aliphatic heterocycles. The number of nitrogens with one attached hydrogen (secondary N) is 1. The molecule has 0 saturated carbocycles. The van der Waals surface area contributed by atoms with Crippen LogP contribution in [-0.4, -0.2) is 38.0 Å². The molecule has 0 spiro atoms. The Morgan fingerprint density at radius 1 is 1.29 bits per heavy atom. The molecule has 1 aromatic carbocycles. The van der Waals surface area contributed by atoms with Gasteiger partial charge in [0.1, 0.15) is 6.10 Å². The fraction of sp³-hybridized carbons (Fsp3) is 0.250. The molecule has 3 heterocycles. The van der Waals surface area contributed by atoms with Crippen molar-refractivity contribution in [1.29, 1.82) is 0 Å². The van der Waals surface area contributed by atoms with Gasteiger partial charge in [0.05, 0.1) is 23.7 Å². The molecule has 1 N–H and O–H groups in total. The van der Waals surface area contributed by atoms with Gasteiger partial charge in [0.25, 0.3) is 5.91 Å². The predicted octanol–water partition coefficient (Wildman–Crippen LogP) is 2.23. The second kappa shape index (κ2) is 6.04. The van der Waals surface area contributed by atoms with Crippen LogP contribution in [-0.2, 0) is 4.74 Å². The number of fused-ring (bicyclic) bond motifs is 1. The van der Waals surface area contributed by atoms with Crippen LogP contribution in [0.25, 0.3) is 0 Å². The fourth-order valence-corrected chi connectivity index (χ4v) is 3.23. The number of ether oxygens (including phenoxy) is 3. The van der Waals surface area contributed by atoms with Crippen molar-refractivity contribution in [3.63, 3.8) is 0 Å². The van der Waals surface area contributed by atoms with Crippen LogP contribution >= 0.6 is 11.3 Å². The lowest BCUT2D eigenvalue weighted by Gasteiger charge is -2.13. The Morgan fingerprint density at radius 2 is 2.17 bits per heavy atom. The third-order valence-corrected chi connectivity index (χ3v) is 4.65. The highest BCUT2D eigenvalue weighted by Crippen LogP contribution is 2.36. The summed E-state index contributed by atoms with van der Waals surface area (Å²) in [6, 6.07) is 8.85. The minimum atomic E-state index is -0.441. The van der Waals surface area contributed by atoms with Crippen molar-refractivity contribution in [2.45, 2.75) is 6.10 Å². The molecule has 2 amide bonds. The minimum Gasteiger partial charge on any atom is -0.454 e. The van der Waals surface area contributed by atoms with Crippen LogP contribution in [0, 0.1) is 0 Å². The van der Waals surface area contributed by atoms with Crippen molar-refractivity contribution >= 4 is 29.0 Å². The second-order valence-corrected chi connectivity index (χ2v) is 6.29. The van der Waals surface area contributed by atoms with E-state index in [1.165, 1.54) is 16.2 Å². The Morgan fingerprint density at radius 3 is 3.00 bits per heavy atom. The number of hydrogen-bond donors (Lipinski definition) is 1. The smallest absolute Gasteiger partial charge is 0.414 e. The third-order valence-electron chi connectivity index (χ3n) is 3.78. The van der Waals surface area contributed by atoms with Crippen molar-refractivity contribution in [1.82, 2.24) is 5.32 Å². The first-order valence-electron chi connectivity index (χ1n) is 7.40. The number of amides is 2. The summed E-state index contributed by atoms with van der Waals surface area (Å²) in [6.45, 7) is 0.813. The molecule has 2 aromatic rings. The minimum absolute atomic E-state index is 0.164. The zero-order valence-electron chi connectivity index (χ0n) is 12.6. The van der Waals surface area contributed by atoms with Crippen molar-refractivity contribution < 1.29 is 23.8 Å². The lowest BCUT2D eigenvalue weighted by molar-refractivity contribution is 0.0920. The Balaban J connectivity index is 1.39. The number of thiophene rings is 1. The lowest BCUT2D eigenvalue weighted by Crippen LogP contribution is -2.34. The maximum atomic E-state index is 12.1. The molecular formula is C16H14N2O5S. The molecule has 24 heavy (non-hydrogen) atoms. The zero-order valence-corrected chi connectivity index (χ0v) is 13.4. The Bertz CT molecular complexity index is 777. The number of carbonyl (C=O) groups excluding carboxylic acids is 2. The van der Waals surface area contributed by atoms with E-state index in [0.717, 1.165) is 0 Å². The number of carbonyl (C=O) groups is 2. The number of rotatable bonds is 4. The van der Waals surface area contributed by atoms with E-state index in [0.29, 0.717) is 28.6 Å². The number of cyclic esters (lactones) is 1. The first-order chi connectivity index (χ1) is 11.7. The van der Waals surface area contributed by atoms with Crippen LogP contribution in [0.5, 0.6) is 11.5 Å². The Labute approximate surface area is 141 Å². The molecule has 0 bridgehead atoms. The van der Waals surface area contributed by atoms with E-state index in [1.54, 1.807) is 24.3 Å². The van der Waals surface area contributed by atoms with Crippen LogP contribution < -0.4 is 19.7 Å². The molecule has 8 heteroatoms. The van der Waals surface area contributed by atoms with Gasteiger partial charge in [0.2, 0.25) is 6.79 Å². The molecular weight excluding hydrogens is 332 g/mol. The van der Waals surface area contributed by atoms with Gasteiger partial charge >= 0.3 is 6.09 Å². The molecule has 0 unspecified atom stereocenters. The summed E-state index contributed by atoms with van der Waals surface area (Å²) >= 11 is 1.37. The number of nitrogens with zero attached hydrogens (tertiary/aromatic N) is 1.